The molecule has 0 aromatic heterocycles. The van der Waals surface area contributed by atoms with Gasteiger partial charge in [-0.05, 0) is 6.42 Å². The lowest BCUT2D eigenvalue weighted by Gasteiger charge is -2.03. The summed E-state index contributed by atoms with van der Waals surface area (Å²) in [6.07, 6.45) is 19.0. The van der Waals surface area contributed by atoms with Crippen LogP contribution in [-0.4, -0.2) is 27.4 Å². The highest BCUT2D eigenvalue weighted by Crippen LogP contribution is 2.12. The summed E-state index contributed by atoms with van der Waals surface area (Å²) in [6.45, 7) is 2.33. The van der Waals surface area contributed by atoms with Gasteiger partial charge < -0.3 is 5.11 Å². The molecule has 0 saturated carbocycles. The van der Waals surface area contributed by atoms with Crippen LogP contribution in [0.5, 0.6) is 0 Å². The Hall–Kier alpha value is 0.110. The van der Waals surface area contributed by atoms with Crippen molar-refractivity contribution < 1.29 is 9.32 Å². The molecule has 0 aliphatic rings. The molecule has 2 nitrogen and oxygen atoms in total. The molecule has 0 heterocycles. The molecule has 0 amide bonds. The Bertz CT molecular complexity index is 219. The first kappa shape index (κ1) is 21.1. The van der Waals surface area contributed by atoms with E-state index in [4.69, 9.17) is 5.11 Å². The molecular weight excluding hydrogens is 280 g/mol. The molecule has 0 rings (SSSR count). The Morgan fingerprint density at radius 2 is 1.00 bits per heavy atom. The van der Waals surface area contributed by atoms with Crippen LogP contribution in [0.2, 0.25) is 0 Å². The van der Waals surface area contributed by atoms with Gasteiger partial charge in [0.15, 0.2) is 0 Å². The maximum absolute atomic E-state index is 11.3. The van der Waals surface area contributed by atoms with Crippen LogP contribution in [0.4, 0.5) is 0 Å². The third-order valence-corrected chi connectivity index (χ3v) is 5.43. The Balaban J connectivity index is 3.01. The minimum atomic E-state index is -0.786. The number of rotatable bonds is 17. The van der Waals surface area contributed by atoms with E-state index in [1.165, 1.54) is 83.5 Å². The average molecular weight is 319 g/mol. The van der Waals surface area contributed by atoms with Gasteiger partial charge >= 0.3 is 0 Å². The fraction of sp³-hybridized carbons (Fsp3) is 1.00. The van der Waals surface area contributed by atoms with E-state index in [1.54, 1.807) is 0 Å². The number of hydrogen-bond acceptors (Lipinski definition) is 2. The molecule has 0 unspecified atom stereocenters. The van der Waals surface area contributed by atoms with E-state index >= 15 is 0 Å². The van der Waals surface area contributed by atoms with Gasteiger partial charge in [0.25, 0.3) is 0 Å². The second-order valence-electron chi connectivity index (χ2n) is 6.17. The van der Waals surface area contributed by atoms with Crippen LogP contribution in [-0.2, 0) is 10.8 Å². The maximum Gasteiger partial charge on any atom is 0.0546 e. The van der Waals surface area contributed by atoms with Gasteiger partial charge in [-0.3, -0.25) is 4.21 Å². The van der Waals surface area contributed by atoms with Gasteiger partial charge in [0.05, 0.1) is 6.61 Å². The van der Waals surface area contributed by atoms with Crippen molar-refractivity contribution in [2.24, 2.45) is 0 Å². The summed E-state index contributed by atoms with van der Waals surface area (Å²) in [5.41, 5.74) is 0. The molecule has 0 saturated heterocycles. The van der Waals surface area contributed by atoms with Gasteiger partial charge in [-0.1, -0.05) is 90.4 Å². The third kappa shape index (κ3) is 18.1. The zero-order chi connectivity index (χ0) is 15.6. The lowest BCUT2D eigenvalue weighted by molar-refractivity contribution is 0.321. The van der Waals surface area contributed by atoms with Crippen molar-refractivity contribution in [1.29, 1.82) is 0 Å². The Labute approximate surface area is 135 Å². The molecule has 21 heavy (non-hydrogen) atoms. The first-order chi connectivity index (χ1) is 10.3. The van der Waals surface area contributed by atoms with Crippen LogP contribution in [0, 0.1) is 0 Å². The van der Waals surface area contributed by atoms with Gasteiger partial charge in [0, 0.05) is 22.3 Å². The number of hydrogen-bond donors (Lipinski definition) is 1. The van der Waals surface area contributed by atoms with Crippen molar-refractivity contribution in [3.05, 3.63) is 0 Å². The summed E-state index contributed by atoms with van der Waals surface area (Å²) >= 11 is 0. The first-order valence-electron chi connectivity index (χ1n) is 9.27. The molecule has 1 atom stereocenters. The number of unbranched alkanes of at least 4 members (excludes halogenated alkanes) is 13. The van der Waals surface area contributed by atoms with E-state index in [0.29, 0.717) is 5.75 Å². The van der Waals surface area contributed by atoms with Crippen LogP contribution in [0.1, 0.15) is 96.8 Å². The lowest BCUT2D eigenvalue weighted by Crippen LogP contribution is -2.05. The highest BCUT2D eigenvalue weighted by molar-refractivity contribution is 7.84. The predicted octanol–water partition coefficient (Wildman–Crippen LogP) is 5.21. The summed E-state index contributed by atoms with van der Waals surface area (Å²) in [5, 5.41) is 8.66. The summed E-state index contributed by atoms with van der Waals surface area (Å²) < 4.78 is 11.3. The van der Waals surface area contributed by atoms with Crippen molar-refractivity contribution in [2.75, 3.05) is 18.1 Å². The van der Waals surface area contributed by atoms with Crippen LogP contribution in [0.15, 0.2) is 0 Å². The fourth-order valence-electron chi connectivity index (χ4n) is 2.66. The molecule has 0 spiro atoms. The predicted molar refractivity (Wildman–Crippen MR) is 95.3 cm³/mol. The lowest BCUT2D eigenvalue weighted by atomic mass is 10.0. The Morgan fingerprint density at radius 1 is 0.619 bits per heavy atom. The Morgan fingerprint density at radius 3 is 1.38 bits per heavy atom. The smallest absolute Gasteiger partial charge is 0.0546 e. The molecular formula is C18H38O2S. The highest BCUT2D eigenvalue weighted by Gasteiger charge is 1.98. The zero-order valence-electron chi connectivity index (χ0n) is 14.3. The fourth-order valence-corrected chi connectivity index (χ4v) is 3.60. The number of aliphatic hydroxyl groups is 1. The average Bonchev–Trinajstić information content (AvgIpc) is 2.48. The molecule has 0 bridgehead atoms. The normalized spacial score (nSPS) is 12.7. The second kappa shape index (κ2) is 18.2. The van der Waals surface area contributed by atoms with E-state index in [2.05, 4.69) is 6.92 Å². The third-order valence-electron chi connectivity index (χ3n) is 4.04. The van der Waals surface area contributed by atoms with E-state index in [-0.39, 0.29) is 6.61 Å². The summed E-state index contributed by atoms with van der Waals surface area (Å²) in [7, 11) is -0.786. The standard InChI is InChI=1S/C18H38O2S/c1-2-3-4-5-6-7-8-9-10-11-12-13-14-15-17-21(20)18-16-19/h19H,2-18H2,1H3/t21-/m0/s1. The van der Waals surface area contributed by atoms with Gasteiger partial charge in [-0.15, -0.1) is 0 Å². The van der Waals surface area contributed by atoms with Crippen LogP contribution < -0.4 is 0 Å². The molecule has 0 aromatic carbocycles. The van der Waals surface area contributed by atoms with E-state index in [9.17, 15) is 4.21 Å². The minimum Gasteiger partial charge on any atom is -0.395 e. The van der Waals surface area contributed by atoms with Crippen molar-refractivity contribution in [3.63, 3.8) is 0 Å². The Kier molecular flexibility index (Phi) is 18.3. The minimum absolute atomic E-state index is 0.0607. The van der Waals surface area contributed by atoms with E-state index in [1.807, 2.05) is 0 Å². The van der Waals surface area contributed by atoms with Crippen LogP contribution >= 0.6 is 0 Å². The topological polar surface area (TPSA) is 37.3 Å². The van der Waals surface area contributed by atoms with Crippen LogP contribution in [0.3, 0.4) is 0 Å². The van der Waals surface area contributed by atoms with Gasteiger partial charge in [0.2, 0.25) is 0 Å². The van der Waals surface area contributed by atoms with Gasteiger partial charge in [-0.25, -0.2) is 0 Å². The molecule has 1 N–H and O–H groups in total. The molecule has 3 heteroatoms. The van der Waals surface area contributed by atoms with Gasteiger partial charge in [-0.2, -0.15) is 0 Å². The second-order valence-corrected chi connectivity index (χ2v) is 7.86. The van der Waals surface area contributed by atoms with E-state index in [0.717, 1.165) is 12.2 Å². The molecule has 128 valence electrons. The van der Waals surface area contributed by atoms with Crippen molar-refractivity contribution >= 4 is 10.8 Å². The highest BCUT2D eigenvalue weighted by atomic mass is 32.2. The summed E-state index contributed by atoms with van der Waals surface area (Å²) in [6, 6.07) is 0. The van der Waals surface area contributed by atoms with Crippen molar-refractivity contribution in [2.45, 2.75) is 96.8 Å². The summed E-state index contributed by atoms with van der Waals surface area (Å²) in [4.78, 5) is 0. The summed E-state index contributed by atoms with van der Waals surface area (Å²) in [5.74, 6) is 1.23. The first-order valence-corrected chi connectivity index (χ1v) is 10.8. The van der Waals surface area contributed by atoms with Crippen molar-refractivity contribution in [1.82, 2.24) is 0 Å². The molecule has 0 fully saturated rings. The number of aliphatic hydroxyl groups excluding tert-OH is 1. The zero-order valence-corrected chi connectivity index (χ0v) is 15.1. The van der Waals surface area contributed by atoms with E-state index < -0.39 is 10.8 Å². The quantitative estimate of drug-likeness (QED) is 0.374. The molecule has 0 radical (unpaired) electrons. The monoisotopic (exact) mass is 318 g/mol. The van der Waals surface area contributed by atoms with Crippen LogP contribution in [0.25, 0.3) is 0 Å². The van der Waals surface area contributed by atoms with Gasteiger partial charge in [0.1, 0.15) is 0 Å². The molecule has 0 aliphatic carbocycles. The molecule has 0 aromatic rings. The van der Waals surface area contributed by atoms with Crippen molar-refractivity contribution in [3.8, 4) is 0 Å². The maximum atomic E-state index is 11.3. The largest absolute Gasteiger partial charge is 0.395 e. The SMILES string of the molecule is CCCCCCCCCCCCCCCC[S@](=O)CCO. The molecule has 0 aliphatic heterocycles.